The molecule has 194 valence electrons. The molecule has 1 saturated heterocycles. The normalized spacial score (nSPS) is 14.1. The molecule has 1 fully saturated rings. The number of thioether (sulfide) groups is 1. The Kier molecular flexibility index (Phi) is 8.07. The maximum Gasteiger partial charge on any atom is 0.294 e. The molecule has 1 N–H and O–H groups in total. The van der Waals surface area contributed by atoms with Gasteiger partial charge in [0.05, 0.1) is 28.6 Å². The van der Waals surface area contributed by atoms with Crippen LogP contribution in [0.4, 0.5) is 16.2 Å². The first kappa shape index (κ1) is 26.4. The molecule has 3 aromatic rings. The van der Waals surface area contributed by atoms with Crippen molar-refractivity contribution in [3.63, 3.8) is 0 Å². The van der Waals surface area contributed by atoms with Gasteiger partial charge in [0.1, 0.15) is 13.2 Å². The summed E-state index contributed by atoms with van der Waals surface area (Å²) in [7, 11) is 1.39. The predicted molar refractivity (Wildman–Crippen MR) is 143 cm³/mol. The monoisotopic (exact) mass is 533 g/mol. The van der Waals surface area contributed by atoms with Crippen molar-refractivity contribution < 1.29 is 28.8 Å². The molecule has 1 aliphatic rings. The minimum Gasteiger partial charge on any atom is -0.493 e. The first-order chi connectivity index (χ1) is 18.3. The van der Waals surface area contributed by atoms with Crippen molar-refractivity contribution in [2.45, 2.75) is 13.5 Å². The van der Waals surface area contributed by atoms with Gasteiger partial charge in [0.25, 0.3) is 16.8 Å². The van der Waals surface area contributed by atoms with Gasteiger partial charge in [-0.15, -0.1) is 0 Å². The van der Waals surface area contributed by atoms with Crippen LogP contribution in [0.2, 0.25) is 0 Å². The molecule has 0 bridgehead atoms. The predicted octanol–water partition coefficient (Wildman–Crippen LogP) is 5.17. The van der Waals surface area contributed by atoms with Gasteiger partial charge in [-0.1, -0.05) is 48.5 Å². The van der Waals surface area contributed by atoms with Crippen molar-refractivity contribution in [3.05, 3.63) is 98.4 Å². The van der Waals surface area contributed by atoms with Gasteiger partial charge in [0, 0.05) is 5.69 Å². The Labute approximate surface area is 222 Å². The zero-order chi connectivity index (χ0) is 27.2. The van der Waals surface area contributed by atoms with E-state index in [0.29, 0.717) is 17.4 Å². The number of hydrogen-bond donors (Lipinski definition) is 1. The Morgan fingerprint density at radius 2 is 1.79 bits per heavy atom. The highest BCUT2D eigenvalue weighted by molar-refractivity contribution is 8.18. The van der Waals surface area contributed by atoms with E-state index in [2.05, 4.69) is 5.32 Å². The van der Waals surface area contributed by atoms with Crippen molar-refractivity contribution in [1.82, 2.24) is 4.90 Å². The lowest BCUT2D eigenvalue weighted by molar-refractivity contribution is -0.385. The van der Waals surface area contributed by atoms with Crippen LogP contribution in [0.15, 0.2) is 71.6 Å². The summed E-state index contributed by atoms with van der Waals surface area (Å²) in [6.45, 7) is 1.49. The van der Waals surface area contributed by atoms with Gasteiger partial charge in [0.2, 0.25) is 5.91 Å². The second-order valence-corrected chi connectivity index (χ2v) is 9.22. The molecule has 0 aliphatic carbocycles. The number of hydrogen-bond acceptors (Lipinski definition) is 8. The average molecular weight is 534 g/mol. The SMILES string of the molecule is COc1cc(/C=C2/SC(=O)N(CC(=O)Nc3ccccc3C)C2=O)c([N+](=O)[O-])cc1OCc1ccccc1. The van der Waals surface area contributed by atoms with E-state index in [4.69, 9.17) is 9.47 Å². The Bertz CT molecular complexity index is 1440. The zero-order valence-corrected chi connectivity index (χ0v) is 21.3. The highest BCUT2D eigenvalue weighted by Crippen LogP contribution is 2.39. The Morgan fingerprint density at radius 3 is 2.47 bits per heavy atom. The zero-order valence-electron chi connectivity index (χ0n) is 20.5. The second kappa shape index (κ2) is 11.6. The Hall–Kier alpha value is -4.64. The number of rotatable bonds is 9. The fourth-order valence-corrected chi connectivity index (χ4v) is 4.50. The third-order valence-electron chi connectivity index (χ3n) is 5.63. The number of nitrogens with one attached hydrogen (secondary N) is 1. The number of nitro benzene ring substituents is 1. The lowest BCUT2D eigenvalue weighted by Crippen LogP contribution is -2.36. The number of nitrogens with zero attached hydrogens (tertiary/aromatic N) is 2. The molecule has 0 atom stereocenters. The van der Waals surface area contributed by atoms with Crippen LogP contribution in [0.1, 0.15) is 16.7 Å². The number of nitro groups is 1. The molecular formula is C27H23N3O7S. The average Bonchev–Trinajstić information content (AvgIpc) is 3.16. The van der Waals surface area contributed by atoms with E-state index < -0.39 is 28.5 Å². The number of amides is 3. The molecule has 10 nitrogen and oxygen atoms in total. The summed E-state index contributed by atoms with van der Waals surface area (Å²) < 4.78 is 11.1. The van der Waals surface area contributed by atoms with Gasteiger partial charge in [-0.05, 0) is 48.0 Å². The number of carbonyl (C=O) groups is 3. The Morgan fingerprint density at radius 1 is 1.08 bits per heavy atom. The molecule has 0 spiro atoms. The third-order valence-corrected chi connectivity index (χ3v) is 6.54. The van der Waals surface area contributed by atoms with Gasteiger partial charge in [0.15, 0.2) is 11.5 Å². The van der Waals surface area contributed by atoms with E-state index >= 15 is 0 Å². The number of methoxy groups -OCH3 is 1. The molecule has 0 aromatic heterocycles. The third kappa shape index (κ3) is 6.01. The summed E-state index contributed by atoms with van der Waals surface area (Å²) in [5.41, 5.74) is 1.97. The topological polar surface area (TPSA) is 128 Å². The molecule has 1 heterocycles. The van der Waals surface area contributed by atoms with Crippen LogP contribution in [-0.4, -0.2) is 40.5 Å². The first-order valence-electron chi connectivity index (χ1n) is 11.4. The largest absolute Gasteiger partial charge is 0.493 e. The number of anilines is 1. The van der Waals surface area contributed by atoms with E-state index in [-0.39, 0.29) is 34.3 Å². The highest BCUT2D eigenvalue weighted by Gasteiger charge is 2.37. The summed E-state index contributed by atoms with van der Waals surface area (Å²) in [5, 5.41) is 13.9. The fourth-order valence-electron chi connectivity index (χ4n) is 3.67. The highest BCUT2D eigenvalue weighted by atomic mass is 32.2. The molecule has 3 aromatic carbocycles. The number of benzene rings is 3. The molecule has 38 heavy (non-hydrogen) atoms. The summed E-state index contributed by atoms with van der Waals surface area (Å²) in [4.78, 5) is 49.9. The smallest absolute Gasteiger partial charge is 0.294 e. The first-order valence-corrected chi connectivity index (χ1v) is 12.2. The fraction of sp³-hybridized carbons (Fsp3) is 0.148. The summed E-state index contributed by atoms with van der Waals surface area (Å²) >= 11 is 0.598. The Balaban J connectivity index is 1.55. The number of imide groups is 1. The maximum absolute atomic E-state index is 12.9. The maximum atomic E-state index is 12.9. The number of aryl methyl sites for hydroxylation is 1. The van der Waals surface area contributed by atoms with Crippen LogP contribution in [0.3, 0.4) is 0 Å². The second-order valence-electron chi connectivity index (χ2n) is 8.22. The number of ether oxygens (including phenoxy) is 2. The molecule has 0 unspecified atom stereocenters. The molecule has 4 rings (SSSR count). The van der Waals surface area contributed by atoms with E-state index in [1.54, 1.807) is 12.1 Å². The number of carbonyl (C=O) groups excluding carboxylic acids is 3. The molecule has 0 saturated carbocycles. The van der Waals surface area contributed by atoms with Gasteiger partial charge < -0.3 is 14.8 Å². The van der Waals surface area contributed by atoms with Gasteiger partial charge in [-0.3, -0.25) is 29.4 Å². The summed E-state index contributed by atoms with van der Waals surface area (Å²) in [6, 6.07) is 19.0. The van der Waals surface area contributed by atoms with Crippen LogP contribution >= 0.6 is 11.8 Å². The van der Waals surface area contributed by atoms with E-state index in [1.807, 2.05) is 49.4 Å². The molecule has 3 amide bonds. The number of para-hydroxylation sites is 1. The minimum atomic E-state index is -0.724. The van der Waals surface area contributed by atoms with Crippen molar-refractivity contribution in [1.29, 1.82) is 0 Å². The van der Waals surface area contributed by atoms with Gasteiger partial charge in [-0.25, -0.2) is 0 Å². The molecule has 0 radical (unpaired) electrons. The standard InChI is InChI=1S/C27H23N3O7S/c1-17-8-6-7-11-20(17)28-25(31)15-29-26(32)24(38-27(29)33)13-19-12-22(36-2)23(14-21(19)30(34)35)37-16-18-9-4-3-5-10-18/h3-14H,15-16H2,1-2H3,(H,28,31)/b24-13+. The van der Waals surface area contributed by atoms with Crippen LogP contribution in [0.25, 0.3) is 6.08 Å². The van der Waals surface area contributed by atoms with Crippen LogP contribution in [0, 0.1) is 17.0 Å². The van der Waals surface area contributed by atoms with E-state index in [0.717, 1.165) is 16.0 Å². The van der Waals surface area contributed by atoms with Crippen molar-refractivity contribution in [3.8, 4) is 11.5 Å². The summed E-state index contributed by atoms with van der Waals surface area (Å²) in [5.74, 6) is -0.899. The van der Waals surface area contributed by atoms with Crippen molar-refractivity contribution in [2.75, 3.05) is 19.0 Å². The van der Waals surface area contributed by atoms with Crippen molar-refractivity contribution >= 4 is 46.3 Å². The van der Waals surface area contributed by atoms with Gasteiger partial charge >= 0.3 is 0 Å². The van der Waals surface area contributed by atoms with Crippen molar-refractivity contribution in [2.24, 2.45) is 0 Å². The summed E-state index contributed by atoms with van der Waals surface area (Å²) in [6.07, 6.45) is 1.24. The van der Waals surface area contributed by atoms with E-state index in [9.17, 15) is 24.5 Å². The quantitative estimate of drug-likeness (QED) is 0.227. The van der Waals surface area contributed by atoms with E-state index in [1.165, 1.54) is 25.3 Å². The minimum absolute atomic E-state index is 0.0498. The van der Waals surface area contributed by atoms with Crippen LogP contribution < -0.4 is 14.8 Å². The molecule has 11 heteroatoms. The lowest BCUT2D eigenvalue weighted by atomic mass is 10.1. The van der Waals surface area contributed by atoms with Gasteiger partial charge in [-0.2, -0.15) is 0 Å². The van der Waals surface area contributed by atoms with Crippen LogP contribution in [-0.2, 0) is 16.2 Å². The van der Waals surface area contributed by atoms with Crippen LogP contribution in [0.5, 0.6) is 11.5 Å². The molecule has 1 aliphatic heterocycles. The molecular weight excluding hydrogens is 510 g/mol. The lowest BCUT2D eigenvalue weighted by Gasteiger charge is -2.13.